The summed E-state index contributed by atoms with van der Waals surface area (Å²) in [5, 5.41) is 11.5. The molecule has 20 heavy (non-hydrogen) atoms. The van der Waals surface area contributed by atoms with Crippen LogP contribution in [0.1, 0.15) is 20.1 Å². The zero-order valence-electron chi connectivity index (χ0n) is 10.8. The number of carbonyl (C=O) groups is 1. The number of hydrogen-bond donors (Lipinski definition) is 2. The van der Waals surface area contributed by atoms with Gasteiger partial charge in [0.05, 0.1) is 9.75 Å². The average molecular weight is 286 g/mol. The van der Waals surface area contributed by atoms with Crippen molar-refractivity contribution >= 4 is 17.2 Å². The van der Waals surface area contributed by atoms with Crippen molar-refractivity contribution in [3.05, 3.63) is 52.0 Å². The molecular formula is C15H14N2O2S. The van der Waals surface area contributed by atoms with Gasteiger partial charge in [-0.1, -0.05) is 17.9 Å². The number of aliphatic hydroxyl groups is 1. The zero-order valence-corrected chi connectivity index (χ0v) is 11.6. The number of thiophene rings is 1. The summed E-state index contributed by atoms with van der Waals surface area (Å²) in [6.07, 6.45) is 4.27. The number of carbonyl (C=O) groups excluding carboxylic acids is 1. The monoisotopic (exact) mass is 286 g/mol. The number of hydrogen-bond acceptors (Lipinski definition) is 4. The van der Waals surface area contributed by atoms with E-state index in [1.54, 1.807) is 24.5 Å². The largest absolute Gasteiger partial charge is 0.384 e. The minimum Gasteiger partial charge on any atom is -0.384 e. The fraction of sp³-hybridized carbons (Fsp3) is 0.200. The Labute approximate surface area is 121 Å². The van der Waals surface area contributed by atoms with E-state index >= 15 is 0 Å². The second-order valence-electron chi connectivity index (χ2n) is 3.99. The van der Waals surface area contributed by atoms with E-state index in [2.05, 4.69) is 22.1 Å². The lowest BCUT2D eigenvalue weighted by Gasteiger charge is -2.03. The first-order valence-corrected chi connectivity index (χ1v) is 6.98. The van der Waals surface area contributed by atoms with E-state index in [9.17, 15) is 4.79 Å². The fourth-order valence-corrected chi connectivity index (χ4v) is 2.40. The molecule has 0 aliphatic carbocycles. The van der Waals surface area contributed by atoms with Crippen LogP contribution in [0.5, 0.6) is 0 Å². The molecule has 0 spiro atoms. The van der Waals surface area contributed by atoms with Gasteiger partial charge in [0.2, 0.25) is 0 Å². The number of pyridine rings is 1. The van der Waals surface area contributed by atoms with Crippen LogP contribution in [-0.4, -0.2) is 29.1 Å². The standard InChI is InChI=1S/C15H14N2O2S/c18-10-2-4-13-5-6-14(20-13)15(19)17-9-7-12-3-1-8-16-11-12/h1,3,5-6,8,11,18H,7,9-10H2,(H,17,19). The summed E-state index contributed by atoms with van der Waals surface area (Å²) < 4.78 is 0. The number of aromatic nitrogens is 1. The summed E-state index contributed by atoms with van der Waals surface area (Å²) in [6, 6.07) is 7.38. The van der Waals surface area contributed by atoms with Crippen LogP contribution in [0.25, 0.3) is 0 Å². The van der Waals surface area contributed by atoms with Gasteiger partial charge < -0.3 is 10.4 Å². The van der Waals surface area contributed by atoms with Crippen LogP contribution in [0.15, 0.2) is 36.7 Å². The van der Waals surface area contributed by atoms with Gasteiger partial charge in [-0.2, -0.15) is 0 Å². The van der Waals surface area contributed by atoms with Gasteiger partial charge in [-0.3, -0.25) is 9.78 Å². The van der Waals surface area contributed by atoms with Crippen molar-refractivity contribution in [3.63, 3.8) is 0 Å². The van der Waals surface area contributed by atoms with Crippen LogP contribution in [0.3, 0.4) is 0 Å². The molecule has 0 saturated carbocycles. The third-order valence-electron chi connectivity index (χ3n) is 2.54. The number of nitrogens with one attached hydrogen (secondary N) is 1. The van der Waals surface area contributed by atoms with Gasteiger partial charge in [-0.05, 0) is 30.2 Å². The minimum atomic E-state index is -0.176. The Bertz CT molecular complexity index is 626. The van der Waals surface area contributed by atoms with E-state index in [1.165, 1.54) is 11.3 Å². The van der Waals surface area contributed by atoms with Gasteiger partial charge in [0, 0.05) is 18.9 Å². The molecule has 0 fully saturated rings. The summed E-state index contributed by atoms with van der Waals surface area (Å²) in [6.45, 7) is 0.393. The molecule has 0 radical (unpaired) electrons. The van der Waals surface area contributed by atoms with Gasteiger partial charge >= 0.3 is 0 Å². The maximum absolute atomic E-state index is 11.9. The second kappa shape index (κ2) is 7.43. The third kappa shape index (κ3) is 4.19. The maximum atomic E-state index is 11.9. The predicted molar refractivity (Wildman–Crippen MR) is 78.6 cm³/mol. The molecule has 0 aliphatic rings. The zero-order chi connectivity index (χ0) is 14.2. The molecule has 5 heteroatoms. The molecule has 2 N–H and O–H groups in total. The Morgan fingerprint density at radius 2 is 2.30 bits per heavy atom. The molecule has 0 aromatic carbocycles. The molecule has 0 bridgehead atoms. The summed E-state index contributed by atoms with van der Waals surface area (Å²) >= 11 is 1.32. The van der Waals surface area contributed by atoms with Gasteiger partial charge in [0.25, 0.3) is 5.91 Å². The summed E-state index contributed by atoms with van der Waals surface area (Å²) in [5.74, 6) is 5.24. The number of amides is 1. The van der Waals surface area contributed by atoms with Crippen molar-refractivity contribution in [1.29, 1.82) is 0 Å². The Hall–Kier alpha value is -2.16. The van der Waals surface area contributed by atoms with Crippen LogP contribution in [-0.2, 0) is 6.42 Å². The van der Waals surface area contributed by atoms with E-state index < -0.39 is 0 Å². The quantitative estimate of drug-likeness (QED) is 0.837. The third-order valence-corrected chi connectivity index (χ3v) is 3.54. The van der Waals surface area contributed by atoms with E-state index in [4.69, 9.17) is 5.11 Å². The van der Waals surface area contributed by atoms with Crippen LogP contribution >= 0.6 is 11.3 Å². The molecular weight excluding hydrogens is 272 g/mol. The Morgan fingerprint density at radius 1 is 1.40 bits per heavy atom. The topological polar surface area (TPSA) is 62.2 Å². The molecule has 0 atom stereocenters. The Kier molecular flexibility index (Phi) is 5.30. The molecule has 0 unspecified atom stereocenters. The molecule has 2 aromatic heterocycles. The lowest BCUT2D eigenvalue weighted by atomic mass is 10.2. The van der Waals surface area contributed by atoms with Crippen molar-refractivity contribution in [2.24, 2.45) is 0 Å². The van der Waals surface area contributed by atoms with Crippen molar-refractivity contribution in [2.45, 2.75) is 6.42 Å². The number of nitrogens with zero attached hydrogens (tertiary/aromatic N) is 1. The maximum Gasteiger partial charge on any atom is 0.261 e. The Morgan fingerprint density at radius 3 is 3.05 bits per heavy atom. The minimum absolute atomic E-state index is 0.101. The van der Waals surface area contributed by atoms with Gasteiger partial charge in [-0.25, -0.2) is 0 Å². The van der Waals surface area contributed by atoms with Crippen molar-refractivity contribution in [2.75, 3.05) is 13.2 Å². The van der Waals surface area contributed by atoms with Crippen LogP contribution in [0.4, 0.5) is 0 Å². The van der Waals surface area contributed by atoms with E-state index in [1.807, 2.05) is 12.1 Å². The highest BCUT2D eigenvalue weighted by atomic mass is 32.1. The normalized spacial score (nSPS) is 9.65. The molecule has 1 amide bonds. The predicted octanol–water partition coefficient (Wildman–Crippen LogP) is 1.46. The van der Waals surface area contributed by atoms with Crippen LogP contribution in [0, 0.1) is 11.8 Å². The van der Waals surface area contributed by atoms with Crippen molar-refractivity contribution < 1.29 is 9.90 Å². The summed E-state index contributed by atoms with van der Waals surface area (Å²) in [4.78, 5) is 17.3. The molecule has 2 aromatic rings. The van der Waals surface area contributed by atoms with E-state index in [0.29, 0.717) is 11.4 Å². The first kappa shape index (κ1) is 14.3. The van der Waals surface area contributed by atoms with Crippen molar-refractivity contribution in [1.82, 2.24) is 10.3 Å². The number of rotatable bonds is 4. The summed E-state index contributed by atoms with van der Waals surface area (Å²) in [7, 11) is 0. The van der Waals surface area contributed by atoms with Gasteiger partial charge in [-0.15, -0.1) is 11.3 Å². The summed E-state index contributed by atoms with van der Waals surface area (Å²) in [5.41, 5.74) is 1.09. The fourth-order valence-electron chi connectivity index (χ4n) is 1.61. The number of aliphatic hydroxyl groups excluding tert-OH is 1. The molecule has 2 heterocycles. The highest BCUT2D eigenvalue weighted by Gasteiger charge is 2.07. The smallest absolute Gasteiger partial charge is 0.261 e. The van der Waals surface area contributed by atoms with Gasteiger partial charge in [0.15, 0.2) is 0 Å². The second-order valence-corrected chi connectivity index (χ2v) is 5.07. The molecule has 0 aliphatic heterocycles. The average Bonchev–Trinajstić information content (AvgIpc) is 2.95. The lowest BCUT2D eigenvalue weighted by molar-refractivity contribution is 0.0958. The molecule has 2 rings (SSSR count). The van der Waals surface area contributed by atoms with Crippen LogP contribution in [0.2, 0.25) is 0 Å². The highest BCUT2D eigenvalue weighted by Crippen LogP contribution is 2.15. The van der Waals surface area contributed by atoms with E-state index in [0.717, 1.165) is 16.9 Å². The molecule has 4 nitrogen and oxygen atoms in total. The van der Waals surface area contributed by atoms with Gasteiger partial charge in [0.1, 0.15) is 6.61 Å². The Balaban J connectivity index is 1.84. The lowest BCUT2D eigenvalue weighted by Crippen LogP contribution is -2.24. The highest BCUT2D eigenvalue weighted by molar-refractivity contribution is 7.14. The molecule has 102 valence electrons. The first-order chi connectivity index (χ1) is 9.79. The first-order valence-electron chi connectivity index (χ1n) is 6.16. The molecule has 0 saturated heterocycles. The van der Waals surface area contributed by atoms with Crippen molar-refractivity contribution in [3.8, 4) is 11.8 Å². The SMILES string of the molecule is O=C(NCCc1cccnc1)c1ccc(C#CCO)s1. The van der Waals surface area contributed by atoms with E-state index in [-0.39, 0.29) is 12.5 Å². The van der Waals surface area contributed by atoms with Crippen LogP contribution < -0.4 is 5.32 Å².